The molecule has 170 valence electrons. The number of carbonyl (C=O) groups is 2. The van der Waals surface area contributed by atoms with E-state index in [2.05, 4.69) is 4.98 Å². The van der Waals surface area contributed by atoms with Gasteiger partial charge in [0.1, 0.15) is 5.82 Å². The first-order chi connectivity index (χ1) is 16.5. The SMILES string of the molecule is Cc1nc2ccccc2c(=O)n1-c1ccc(C(=O)OCC(=O)N2CCCc3ccccc32)cc1. The Labute approximate surface area is 196 Å². The topological polar surface area (TPSA) is 81.5 Å². The molecule has 0 bridgehead atoms. The van der Waals surface area contributed by atoms with Crippen LogP contribution in [0.1, 0.15) is 28.2 Å². The first kappa shape index (κ1) is 21.6. The Morgan fingerprint density at radius 2 is 1.71 bits per heavy atom. The van der Waals surface area contributed by atoms with Gasteiger partial charge in [-0.3, -0.25) is 14.2 Å². The van der Waals surface area contributed by atoms with Gasteiger partial charge in [0.25, 0.3) is 11.5 Å². The van der Waals surface area contributed by atoms with E-state index in [1.165, 1.54) is 4.57 Å². The van der Waals surface area contributed by atoms with E-state index >= 15 is 0 Å². The van der Waals surface area contributed by atoms with Crippen LogP contribution in [-0.4, -0.2) is 34.6 Å². The summed E-state index contributed by atoms with van der Waals surface area (Å²) in [5.41, 5.74) is 3.36. The summed E-state index contributed by atoms with van der Waals surface area (Å²) in [7, 11) is 0. The van der Waals surface area contributed by atoms with Crippen molar-refractivity contribution in [2.45, 2.75) is 19.8 Å². The van der Waals surface area contributed by atoms with Gasteiger partial charge in [-0.25, -0.2) is 9.78 Å². The summed E-state index contributed by atoms with van der Waals surface area (Å²) in [5.74, 6) is -0.293. The Kier molecular flexibility index (Phi) is 5.67. The number of ether oxygens (including phenoxy) is 1. The van der Waals surface area contributed by atoms with E-state index in [1.54, 1.807) is 54.3 Å². The molecule has 0 saturated carbocycles. The van der Waals surface area contributed by atoms with Gasteiger partial charge in [-0.05, 0) is 67.8 Å². The molecular weight excluding hydrogens is 430 g/mol. The molecule has 0 radical (unpaired) electrons. The highest BCUT2D eigenvalue weighted by Gasteiger charge is 2.23. The summed E-state index contributed by atoms with van der Waals surface area (Å²) in [6.45, 7) is 2.04. The van der Waals surface area contributed by atoms with Gasteiger partial charge < -0.3 is 9.64 Å². The maximum absolute atomic E-state index is 13.0. The van der Waals surface area contributed by atoms with E-state index < -0.39 is 5.97 Å². The highest BCUT2D eigenvalue weighted by atomic mass is 16.5. The molecule has 4 aromatic rings. The molecule has 0 saturated heterocycles. The lowest BCUT2D eigenvalue weighted by Crippen LogP contribution is -2.38. The van der Waals surface area contributed by atoms with Crippen LogP contribution in [0.3, 0.4) is 0 Å². The Morgan fingerprint density at radius 3 is 2.53 bits per heavy atom. The lowest BCUT2D eigenvalue weighted by atomic mass is 10.0. The molecule has 0 fully saturated rings. The zero-order valence-corrected chi connectivity index (χ0v) is 18.7. The van der Waals surface area contributed by atoms with Gasteiger partial charge in [-0.2, -0.15) is 0 Å². The molecule has 7 heteroatoms. The summed E-state index contributed by atoms with van der Waals surface area (Å²) in [4.78, 5) is 44.4. The highest BCUT2D eigenvalue weighted by Crippen LogP contribution is 2.26. The van der Waals surface area contributed by atoms with Crippen LogP contribution in [0.15, 0.2) is 77.6 Å². The second-order valence-corrected chi connectivity index (χ2v) is 8.22. The molecule has 0 N–H and O–H groups in total. The summed E-state index contributed by atoms with van der Waals surface area (Å²) >= 11 is 0. The second kappa shape index (κ2) is 8.94. The van der Waals surface area contributed by atoms with Crippen molar-refractivity contribution in [2.24, 2.45) is 0 Å². The van der Waals surface area contributed by atoms with Crippen molar-refractivity contribution < 1.29 is 14.3 Å². The maximum Gasteiger partial charge on any atom is 0.338 e. The average molecular weight is 453 g/mol. The van der Waals surface area contributed by atoms with Gasteiger partial charge in [0.15, 0.2) is 6.61 Å². The van der Waals surface area contributed by atoms with Crippen LogP contribution in [0.4, 0.5) is 5.69 Å². The zero-order chi connectivity index (χ0) is 23.7. The first-order valence-corrected chi connectivity index (χ1v) is 11.2. The third kappa shape index (κ3) is 3.96. The Balaban J connectivity index is 1.30. The van der Waals surface area contributed by atoms with Crippen molar-refractivity contribution in [3.63, 3.8) is 0 Å². The standard InChI is InChI=1S/C27H23N3O4/c1-18-28-23-10-4-3-9-22(23)26(32)30(18)21-14-12-20(13-15-21)27(33)34-17-25(31)29-16-6-8-19-7-2-5-11-24(19)29/h2-5,7,9-15H,6,8,16-17H2,1H3. The van der Waals surface area contributed by atoms with Crippen LogP contribution in [0.5, 0.6) is 0 Å². The molecule has 3 aromatic carbocycles. The first-order valence-electron chi connectivity index (χ1n) is 11.2. The number of anilines is 1. The largest absolute Gasteiger partial charge is 0.452 e. The lowest BCUT2D eigenvalue weighted by Gasteiger charge is -2.29. The number of hydrogen-bond acceptors (Lipinski definition) is 5. The Morgan fingerprint density at radius 1 is 0.971 bits per heavy atom. The van der Waals surface area contributed by atoms with Crippen molar-refractivity contribution >= 4 is 28.5 Å². The molecule has 7 nitrogen and oxygen atoms in total. The third-order valence-corrected chi connectivity index (χ3v) is 6.04. The molecule has 0 unspecified atom stereocenters. The van der Waals surface area contributed by atoms with Gasteiger partial charge in [0.2, 0.25) is 0 Å². The van der Waals surface area contributed by atoms with Crippen LogP contribution in [0.25, 0.3) is 16.6 Å². The quantitative estimate of drug-likeness (QED) is 0.439. The lowest BCUT2D eigenvalue weighted by molar-refractivity contribution is -0.121. The molecule has 1 aromatic heterocycles. The van der Waals surface area contributed by atoms with E-state index in [1.807, 2.05) is 30.3 Å². The fourth-order valence-corrected chi connectivity index (χ4v) is 4.38. The number of aryl methyl sites for hydroxylation is 2. The Hall–Kier alpha value is -4.26. The minimum atomic E-state index is -0.592. The number of rotatable bonds is 4. The molecule has 1 aliphatic rings. The summed E-state index contributed by atoms with van der Waals surface area (Å²) in [6, 6.07) is 21.5. The molecule has 0 spiro atoms. The number of para-hydroxylation sites is 2. The number of fused-ring (bicyclic) bond motifs is 2. The fraction of sp³-hybridized carbons (Fsp3) is 0.185. The summed E-state index contributed by atoms with van der Waals surface area (Å²) in [6.07, 6.45) is 1.81. The predicted molar refractivity (Wildman–Crippen MR) is 129 cm³/mol. The number of carbonyl (C=O) groups excluding carboxylic acids is 2. The van der Waals surface area contributed by atoms with E-state index in [0.29, 0.717) is 34.5 Å². The number of nitrogens with zero attached hydrogens (tertiary/aromatic N) is 3. The zero-order valence-electron chi connectivity index (χ0n) is 18.7. The normalized spacial score (nSPS) is 12.9. The smallest absolute Gasteiger partial charge is 0.338 e. The van der Waals surface area contributed by atoms with Crippen LogP contribution in [-0.2, 0) is 16.0 Å². The molecular formula is C27H23N3O4. The minimum absolute atomic E-state index is 0.175. The van der Waals surface area contributed by atoms with Crippen molar-refractivity contribution in [1.29, 1.82) is 0 Å². The van der Waals surface area contributed by atoms with Gasteiger partial charge in [-0.15, -0.1) is 0 Å². The molecule has 34 heavy (non-hydrogen) atoms. The van der Waals surface area contributed by atoms with E-state index in [-0.39, 0.29) is 18.1 Å². The Bertz CT molecular complexity index is 1460. The maximum atomic E-state index is 13.0. The molecule has 5 rings (SSSR count). The van der Waals surface area contributed by atoms with Gasteiger partial charge >= 0.3 is 5.97 Å². The van der Waals surface area contributed by atoms with E-state index in [0.717, 1.165) is 24.1 Å². The van der Waals surface area contributed by atoms with Crippen LogP contribution < -0.4 is 10.5 Å². The predicted octanol–water partition coefficient (Wildman–Crippen LogP) is 3.83. The molecule has 1 amide bonds. The summed E-state index contributed by atoms with van der Waals surface area (Å²) in [5, 5.41) is 0.523. The van der Waals surface area contributed by atoms with Crippen LogP contribution in [0.2, 0.25) is 0 Å². The second-order valence-electron chi connectivity index (χ2n) is 8.22. The monoisotopic (exact) mass is 453 g/mol. The van der Waals surface area contributed by atoms with E-state index in [4.69, 9.17) is 4.74 Å². The fourth-order valence-electron chi connectivity index (χ4n) is 4.38. The minimum Gasteiger partial charge on any atom is -0.452 e. The van der Waals surface area contributed by atoms with Gasteiger partial charge in [0, 0.05) is 12.2 Å². The number of hydrogen-bond donors (Lipinski definition) is 0. The highest BCUT2D eigenvalue weighted by molar-refractivity contribution is 5.98. The van der Waals surface area contributed by atoms with Gasteiger partial charge in [-0.1, -0.05) is 30.3 Å². The molecule has 0 aliphatic carbocycles. The van der Waals surface area contributed by atoms with Gasteiger partial charge in [0.05, 0.1) is 22.2 Å². The number of benzene rings is 3. The van der Waals surface area contributed by atoms with Crippen molar-refractivity contribution in [1.82, 2.24) is 9.55 Å². The average Bonchev–Trinajstić information content (AvgIpc) is 2.87. The van der Waals surface area contributed by atoms with Crippen molar-refractivity contribution in [3.8, 4) is 5.69 Å². The number of amides is 1. The van der Waals surface area contributed by atoms with Crippen molar-refractivity contribution in [3.05, 3.63) is 100 Å². The van der Waals surface area contributed by atoms with Crippen LogP contribution >= 0.6 is 0 Å². The van der Waals surface area contributed by atoms with Crippen molar-refractivity contribution in [2.75, 3.05) is 18.1 Å². The molecule has 2 heterocycles. The molecule has 0 atom stereocenters. The number of aromatic nitrogens is 2. The third-order valence-electron chi connectivity index (χ3n) is 6.04. The summed E-state index contributed by atoms with van der Waals surface area (Å²) < 4.78 is 6.81. The van der Waals surface area contributed by atoms with Crippen LogP contribution in [0, 0.1) is 6.92 Å². The van der Waals surface area contributed by atoms with E-state index in [9.17, 15) is 14.4 Å². The molecule has 1 aliphatic heterocycles. The number of esters is 1.